The quantitative estimate of drug-likeness (QED) is 0.635. The van der Waals surface area contributed by atoms with Crippen molar-refractivity contribution < 1.29 is 14.2 Å². The number of rotatable bonds is 5. The molecule has 3 aromatic rings. The molecule has 0 unspecified atom stereocenters. The van der Waals surface area contributed by atoms with Gasteiger partial charge in [0.1, 0.15) is 12.1 Å². The number of benzene rings is 2. The van der Waals surface area contributed by atoms with Gasteiger partial charge in [0, 0.05) is 16.1 Å². The predicted molar refractivity (Wildman–Crippen MR) is 109 cm³/mol. The second kappa shape index (κ2) is 7.71. The first-order chi connectivity index (χ1) is 13.6. The molecule has 1 aliphatic heterocycles. The highest BCUT2D eigenvalue weighted by Crippen LogP contribution is 2.44. The molecule has 28 heavy (non-hydrogen) atoms. The number of fused-ring (bicyclic) bond motifs is 1. The van der Waals surface area contributed by atoms with E-state index in [2.05, 4.69) is 43.5 Å². The minimum absolute atomic E-state index is 0.0718. The lowest BCUT2D eigenvalue weighted by molar-refractivity contribution is 0.341. The molecule has 2 aromatic carbocycles. The van der Waals surface area contributed by atoms with Crippen molar-refractivity contribution in [3.8, 4) is 17.2 Å². The van der Waals surface area contributed by atoms with Gasteiger partial charge in [0.05, 0.1) is 33.4 Å². The molecular formula is C20H21BrN4O3. The predicted octanol–water partition coefficient (Wildman–Crippen LogP) is 4.21. The van der Waals surface area contributed by atoms with Gasteiger partial charge in [-0.2, -0.15) is 10.1 Å². The lowest BCUT2D eigenvalue weighted by atomic mass is 9.92. The summed E-state index contributed by atoms with van der Waals surface area (Å²) in [7, 11) is 4.89. The van der Waals surface area contributed by atoms with Crippen LogP contribution >= 0.6 is 15.9 Å². The van der Waals surface area contributed by atoms with Crippen LogP contribution in [-0.2, 0) is 0 Å². The van der Waals surface area contributed by atoms with Crippen LogP contribution in [0.5, 0.6) is 17.2 Å². The first kappa shape index (κ1) is 18.6. The molecule has 0 spiro atoms. The van der Waals surface area contributed by atoms with Gasteiger partial charge in [-0.05, 0) is 30.2 Å². The molecule has 146 valence electrons. The van der Waals surface area contributed by atoms with Crippen LogP contribution < -0.4 is 19.5 Å². The summed E-state index contributed by atoms with van der Waals surface area (Å²) in [4.78, 5) is 4.39. The number of ether oxygens (including phenoxy) is 3. The van der Waals surface area contributed by atoms with Crippen molar-refractivity contribution in [3.63, 3.8) is 0 Å². The molecule has 1 N–H and O–H groups in total. The molecule has 0 aliphatic carbocycles. The lowest BCUT2D eigenvalue weighted by Crippen LogP contribution is -2.28. The van der Waals surface area contributed by atoms with Gasteiger partial charge in [0.2, 0.25) is 5.95 Å². The number of methoxy groups -OCH3 is 3. The van der Waals surface area contributed by atoms with Gasteiger partial charge in [0.15, 0.2) is 11.5 Å². The summed E-state index contributed by atoms with van der Waals surface area (Å²) in [5, 5.41) is 7.92. The molecule has 2 atom stereocenters. The Morgan fingerprint density at radius 1 is 1.04 bits per heavy atom. The topological polar surface area (TPSA) is 70.4 Å². The number of anilines is 1. The van der Waals surface area contributed by atoms with Crippen LogP contribution in [-0.4, -0.2) is 36.1 Å². The molecule has 0 saturated heterocycles. The van der Waals surface area contributed by atoms with E-state index in [0.29, 0.717) is 11.5 Å². The van der Waals surface area contributed by atoms with Gasteiger partial charge >= 0.3 is 0 Å². The van der Waals surface area contributed by atoms with Crippen LogP contribution in [0.15, 0.2) is 47.2 Å². The van der Waals surface area contributed by atoms with E-state index in [-0.39, 0.29) is 12.1 Å². The maximum absolute atomic E-state index is 5.67. The van der Waals surface area contributed by atoms with E-state index in [1.165, 1.54) is 5.56 Å². The molecule has 0 fully saturated rings. The summed E-state index contributed by atoms with van der Waals surface area (Å²) < 4.78 is 19.5. The molecular weight excluding hydrogens is 424 g/mol. The average molecular weight is 445 g/mol. The SMILES string of the molecule is COc1cc(OC)c([C@H]2C[C@H](c3cccc(Br)c3)Nc3ncnn32)cc1OC. The zero-order chi connectivity index (χ0) is 19.7. The first-order valence-electron chi connectivity index (χ1n) is 8.86. The highest BCUT2D eigenvalue weighted by Gasteiger charge is 2.32. The molecule has 8 heteroatoms. The summed E-state index contributed by atoms with van der Waals surface area (Å²) in [6, 6.07) is 12.1. The van der Waals surface area contributed by atoms with Crippen LogP contribution in [0.25, 0.3) is 0 Å². The summed E-state index contributed by atoms with van der Waals surface area (Å²) in [6.45, 7) is 0. The van der Waals surface area contributed by atoms with Gasteiger partial charge in [-0.15, -0.1) is 0 Å². The number of hydrogen-bond acceptors (Lipinski definition) is 6. The zero-order valence-corrected chi connectivity index (χ0v) is 17.4. The van der Waals surface area contributed by atoms with E-state index in [1.807, 2.05) is 28.9 Å². The molecule has 7 nitrogen and oxygen atoms in total. The van der Waals surface area contributed by atoms with E-state index in [9.17, 15) is 0 Å². The van der Waals surface area contributed by atoms with Crippen molar-refractivity contribution in [2.75, 3.05) is 26.6 Å². The number of nitrogens with zero attached hydrogens (tertiary/aromatic N) is 3. The van der Waals surface area contributed by atoms with Crippen molar-refractivity contribution in [2.45, 2.75) is 18.5 Å². The monoisotopic (exact) mass is 444 g/mol. The summed E-state index contributed by atoms with van der Waals surface area (Å²) in [6.07, 6.45) is 2.34. The summed E-state index contributed by atoms with van der Waals surface area (Å²) >= 11 is 3.56. The Bertz CT molecular complexity index is 991. The maximum atomic E-state index is 5.67. The van der Waals surface area contributed by atoms with E-state index in [0.717, 1.165) is 28.2 Å². The second-order valence-corrected chi connectivity index (χ2v) is 7.40. The Hall–Kier alpha value is -2.74. The summed E-state index contributed by atoms with van der Waals surface area (Å²) in [5.74, 6) is 2.72. The number of nitrogens with one attached hydrogen (secondary N) is 1. The summed E-state index contributed by atoms with van der Waals surface area (Å²) in [5.41, 5.74) is 2.14. The van der Waals surface area contributed by atoms with E-state index in [4.69, 9.17) is 14.2 Å². The Kier molecular flexibility index (Phi) is 5.13. The maximum Gasteiger partial charge on any atom is 0.222 e. The fourth-order valence-corrected chi connectivity index (χ4v) is 4.05. The zero-order valence-electron chi connectivity index (χ0n) is 15.8. The Balaban J connectivity index is 1.80. The molecule has 1 aliphatic rings. The van der Waals surface area contributed by atoms with Crippen LogP contribution in [0.3, 0.4) is 0 Å². The highest BCUT2D eigenvalue weighted by molar-refractivity contribution is 9.10. The molecule has 1 aromatic heterocycles. The van der Waals surface area contributed by atoms with Crippen molar-refractivity contribution in [3.05, 3.63) is 58.3 Å². The fraction of sp³-hybridized carbons (Fsp3) is 0.300. The number of halogens is 1. The standard InChI is InChI=1S/C20H21BrN4O3/c1-26-17-10-19(28-3)18(27-2)8-14(17)16-9-15(12-5-4-6-13(21)7-12)24-20-22-11-23-25(16)20/h4-8,10-11,15-16H,9H2,1-3H3,(H,22,23,24)/t15-,16-/m1/s1. The minimum atomic E-state index is -0.0718. The molecule has 4 rings (SSSR count). The minimum Gasteiger partial charge on any atom is -0.496 e. The third-order valence-electron chi connectivity index (χ3n) is 4.98. The normalized spacial score (nSPS) is 18.1. The van der Waals surface area contributed by atoms with Crippen LogP contribution in [0, 0.1) is 0 Å². The molecule has 2 heterocycles. The molecule has 0 saturated carbocycles. The Morgan fingerprint density at radius 3 is 2.50 bits per heavy atom. The van der Waals surface area contributed by atoms with E-state index in [1.54, 1.807) is 27.7 Å². The molecule has 0 radical (unpaired) electrons. The van der Waals surface area contributed by atoms with Crippen molar-refractivity contribution in [2.24, 2.45) is 0 Å². The largest absolute Gasteiger partial charge is 0.496 e. The third-order valence-corrected chi connectivity index (χ3v) is 5.47. The second-order valence-electron chi connectivity index (χ2n) is 6.48. The van der Waals surface area contributed by atoms with Crippen LogP contribution in [0.2, 0.25) is 0 Å². The van der Waals surface area contributed by atoms with Crippen LogP contribution in [0.1, 0.15) is 29.6 Å². The van der Waals surface area contributed by atoms with Gasteiger partial charge in [-0.25, -0.2) is 4.68 Å². The highest BCUT2D eigenvalue weighted by atomic mass is 79.9. The average Bonchev–Trinajstić information content (AvgIpc) is 3.20. The van der Waals surface area contributed by atoms with Crippen molar-refractivity contribution in [1.29, 1.82) is 0 Å². The van der Waals surface area contributed by atoms with Gasteiger partial charge in [-0.3, -0.25) is 0 Å². The molecule has 0 amide bonds. The fourth-order valence-electron chi connectivity index (χ4n) is 3.63. The Morgan fingerprint density at radius 2 is 1.79 bits per heavy atom. The van der Waals surface area contributed by atoms with Crippen LogP contribution in [0.4, 0.5) is 5.95 Å². The first-order valence-corrected chi connectivity index (χ1v) is 9.65. The van der Waals surface area contributed by atoms with Crippen molar-refractivity contribution in [1.82, 2.24) is 14.8 Å². The number of aromatic nitrogens is 3. The number of hydrogen-bond donors (Lipinski definition) is 1. The smallest absolute Gasteiger partial charge is 0.222 e. The van der Waals surface area contributed by atoms with Gasteiger partial charge < -0.3 is 19.5 Å². The van der Waals surface area contributed by atoms with E-state index < -0.39 is 0 Å². The van der Waals surface area contributed by atoms with Gasteiger partial charge in [0.25, 0.3) is 0 Å². The van der Waals surface area contributed by atoms with Gasteiger partial charge in [-0.1, -0.05) is 28.1 Å². The lowest BCUT2D eigenvalue weighted by Gasteiger charge is -2.32. The van der Waals surface area contributed by atoms with E-state index >= 15 is 0 Å². The Labute approximate surface area is 171 Å². The van der Waals surface area contributed by atoms with Crippen molar-refractivity contribution >= 4 is 21.9 Å². The third kappa shape index (κ3) is 3.28. The molecule has 0 bridgehead atoms.